The van der Waals surface area contributed by atoms with Crippen molar-refractivity contribution in [3.63, 3.8) is 0 Å². The molecule has 0 aromatic heterocycles. The summed E-state index contributed by atoms with van der Waals surface area (Å²) in [6, 6.07) is 5.67. The monoisotopic (exact) mass is 287 g/mol. The zero-order chi connectivity index (χ0) is 15.2. The van der Waals surface area contributed by atoms with E-state index in [9.17, 15) is 13.2 Å². The molecule has 1 atom stereocenters. The van der Waals surface area contributed by atoms with Gasteiger partial charge in [-0.15, -0.1) is 0 Å². The summed E-state index contributed by atoms with van der Waals surface area (Å²) in [5.74, 6) is 0.445. The minimum absolute atomic E-state index is 0.234. The number of hydrogen-bond donors (Lipinski definition) is 1. The minimum atomic E-state index is -4.29. The van der Waals surface area contributed by atoms with Crippen LogP contribution in [0.4, 0.5) is 13.2 Å². The van der Waals surface area contributed by atoms with Crippen molar-refractivity contribution in [2.75, 3.05) is 6.54 Å². The molecule has 4 heteroatoms. The molecule has 0 amide bonds. The highest BCUT2D eigenvalue weighted by molar-refractivity contribution is 5.32. The summed E-state index contributed by atoms with van der Waals surface area (Å²) in [5.41, 5.74) is -0.148. The van der Waals surface area contributed by atoms with Crippen molar-refractivity contribution in [1.82, 2.24) is 5.32 Å². The van der Waals surface area contributed by atoms with Crippen molar-refractivity contribution in [2.45, 2.75) is 52.3 Å². The van der Waals surface area contributed by atoms with Gasteiger partial charge in [0, 0.05) is 6.04 Å². The summed E-state index contributed by atoms with van der Waals surface area (Å²) >= 11 is 0. The Morgan fingerprint density at radius 2 is 1.65 bits per heavy atom. The lowest BCUT2D eigenvalue weighted by Crippen LogP contribution is -2.26. The Morgan fingerprint density at radius 1 is 1.05 bits per heavy atom. The molecule has 0 radical (unpaired) electrons. The van der Waals surface area contributed by atoms with Crippen LogP contribution in [0.2, 0.25) is 0 Å². The van der Waals surface area contributed by atoms with Crippen LogP contribution in [-0.2, 0) is 6.18 Å². The van der Waals surface area contributed by atoms with E-state index in [4.69, 9.17) is 0 Å². The summed E-state index contributed by atoms with van der Waals surface area (Å²) in [7, 11) is 0. The third-order valence-corrected chi connectivity index (χ3v) is 3.82. The van der Waals surface area contributed by atoms with Crippen LogP contribution < -0.4 is 5.32 Å². The van der Waals surface area contributed by atoms with Crippen LogP contribution >= 0.6 is 0 Å². The van der Waals surface area contributed by atoms with Crippen molar-refractivity contribution < 1.29 is 13.2 Å². The summed E-state index contributed by atoms with van der Waals surface area (Å²) in [5, 5.41) is 3.21. The molecular weight excluding hydrogens is 263 g/mol. The highest BCUT2D eigenvalue weighted by Gasteiger charge is 2.35. The van der Waals surface area contributed by atoms with E-state index in [1.165, 1.54) is 12.1 Å². The molecule has 0 saturated carbocycles. The van der Waals surface area contributed by atoms with E-state index in [2.05, 4.69) is 19.2 Å². The summed E-state index contributed by atoms with van der Waals surface area (Å²) in [6.07, 6.45) is -1.56. The van der Waals surface area contributed by atoms with Crippen molar-refractivity contribution >= 4 is 0 Å². The fourth-order valence-electron chi connectivity index (χ4n) is 2.58. The van der Waals surface area contributed by atoms with Gasteiger partial charge in [0.1, 0.15) is 0 Å². The quantitative estimate of drug-likeness (QED) is 0.728. The molecule has 1 nitrogen and oxygen atoms in total. The zero-order valence-electron chi connectivity index (χ0n) is 12.4. The summed E-state index contributed by atoms with van der Waals surface area (Å²) in [4.78, 5) is 0. The largest absolute Gasteiger partial charge is 0.416 e. The molecule has 0 fully saturated rings. The molecule has 20 heavy (non-hydrogen) atoms. The second-order valence-corrected chi connectivity index (χ2v) is 5.11. The Bertz CT molecular complexity index is 397. The maximum Gasteiger partial charge on any atom is 0.416 e. The molecule has 0 saturated heterocycles. The SMILES string of the molecule is CCNC(CC(CC)CC)c1ccccc1C(F)(F)F. The van der Waals surface area contributed by atoms with Crippen molar-refractivity contribution in [2.24, 2.45) is 5.92 Å². The molecule has 1 unspecified atom stereocenters. The van der Waals surface area contributed by atoms with Gasteiger partial charge >= 0.3 is 6.18 Å². The van der Waals surface area contributed by atoms with Crippen molar-refractivity contribution in [3.05, 3.63) is 35.4 Å². The standard InChI is InChI=1S/C16H24F3N/c1-4-12(5-2)11-15(20-6-3)13-9-7-8-10-14(13)16(17,18)19/h7-10,12,15,20H,4-6,11H2,1-3H3. The Hall–Kier alpha value is -1.03. The van der Waals surface area contributed by atoms with E-state index in [0.717, 1.165) is 19.3 Å². The third kappa shape index (κ3) is 4.51. The number of rotatable bonds is 7. The molecule has 114 valence electrons. The van der Waals surface area contributed by atoms with Crippen molar-refractivity contribution in [3.8, 4) is 0 Å². The predicted molar refractivity (Wildman–Crippen MR) is 76.6 cm³/mol. The number of benzene rings is 1. The van der Waals surface area contributed by atoms with E-state index in [1.54, 1.807) is 12.1 Å². The maximum absolute atomic E-state index is 13.1. The van der Waals surface area contributed by atoms with E-state index >= 15 is 0 Å². The highest BCUT2D eigenvalue weighted by atomic mass is 19.4. The molecule has 0 aliphatic heterocycles. The third-order valence-electron chi connectivity index (χ3n) is 3.82. The average Bonchev–Trinajstić information content (AvgIpc) is 2.42. The van der Waals surface area contributed by atoms with Gasteiger partial charge in [-0.3, -0.25) is 0 Å². The van der Waals surface area contributed by atoms with Crippen LogP contribution in [0.25, 0.3) is 0 Å². The van der Waals surface area contributed by atoms with E-state index < -0.39 is 11.7 Å². The highest BCUT2D eigenvalue weighted by Crippen LogP contribution is 2.36. The lowest BCUT2D eigenvalue weighted by molar-refractivity contribution is -0.138. The topological polar surface area (TPSA) is 12.0 Å². The molecule has 0 aliphatic carbocycles. The molecule has 1 N–H and O–H groups in total. The lowest BCUT2D eigenvalue weighted by atomic mass is 9.89. The van der Waals surface area contributed by atoms with E-state index in [1.807, 2.05) is 6.92 Å². The second-order valence-electron chi connectivity index (χ2n) is 5.11. The Balaban J connectivity index is 3.08. The first-order valence-corrected chi connectivity index (χ1v) is 7.33. The number of alkyl halides is 3. The average molecular weight is 287 g/mol. The van der Waals surface area contributed by atoms with E-state index in [0.29, 0.717) is 18.0 Å². The molecule has 1 rings (SSSR count). The molecular formula is C16H24F3N. The van der Waals surface area contributed by atoms with Gasteiger partial charge in [0.15, 0.2) is 0 Å². The van der Waals surface area contributed by atoms with E-state index in [-0.39, 0.29) is 6.04 Å². The fraction of sp³-hybridized carbons (Fsp3) is 0.625. The molecule has 0 bridgehead atoms. The molecule has 0 heterocycles. The summed E-state index contributed by atoms with van der Waals surface area (Å²) < 4.78 is 39.4. The Morgan fingerprint density at radius 3 is 2.15 bits per heavy atom. The molecule has 1 aromatic rings. The van der Waals surface area contributed by atoms with Gasteiger partial charge in [-0.25, -0.2) is 0 Å². The summed E-state index contributed by atoms with van der Waals surface area (Å²) in [6.45, 7) is 6.77. The number of hydrogen-bond acceptors (Lipinski definition) is 1. The molecule has 1 aromatic carbocycles. The predicted octanol–water partition coefficient (Wildman–Crippen LogP) is 5.18. The molecule has 0 spiro atoms. The van der Waals surface area contributed by atoms with Crippen LogP contribution in [0.5, 0.6) is 0 Å². The van der Waals surface area contributed by atoms with Crippen LogP contribution in [-0.4, -0.2) is 6.54 Å². The smallest absolute Gasteiger partial charge is 0.310 e. The van der Waals surface area contributed by atoms with Crippen LogP contribution in [0.15, 0.2) is 24.3 Å². The fourth-order valence-corrected chi connectivity index (χ4v) is 2.58. The van der Waals surface area contributed by atoms with Gasteiger partial charge in [-0.05, 0) is 30.5 Å². The Labute approximate surface area is 119 Å². The normalized spacial score (nSPS) is 13.8. The van der Waals surface area contributed by atoms with Crippen LogP contribution in [0, 0.1) is 5.92 Å². The first-order chi connectivity index (χ1) is 9.43. The first-order valence-electron chi connectivity index (χ1n) is 7.33. The lowest BCUT2D eigenvalue weighted by Gasteiger charge is -2.26. The molecule has 0 aliphatic rings. The second kappa shape index (κ2) is 7.67. The maximum atomic E-state index is 13.1. The van der Waals surface area contributed by atoms with Crippen LogP contribution in [0.1, 0.15) is 57.2 Å². The zero-order valence-corrected chi connectivity index (χ0v) is 12.4. The van der Waals surface area contributed by atoms with Gasteiger partial charge < -0.3 is 5.32 Å². The first kappa shape index (κ1) is 17.0. The number of nitrogens with one attached hydrogen (secondary N) is 1. The van der Waals surface area contributed by atoms with Gasteiger partial charge in [0.2, 0.25) is 0 Å². The van der Waals surface area contributed by atoms with Gasteiger partial charge in [-0.1, -0.05) is 51.8 Å². The van der Waals surface area contributed by atoms with Crippen molar-refractivity contribution in [1.29, 1.82) is 0 Å². The van der Waals surface area contributed by atoms with Gasteiger partial charge in [0.25, 0.3) is 0 Å². The van der Waals surface area contributed by atoms with Gasteiger partial charge in [0.05, 0.1) is 5.56 Å². The Kier molecular flexibility index (Phi) is 6.53. The van der Waals surface area contributed by atoms with Crippen LogP contribution in [0.3, 0.4) is 0 Å². The van der Waals surface area contributed by atoms with Gasteiger partial charge in [-0.2, -0.15) is 13.2 Å². The number of halogens is 3. The minimum Gasteiger partial charge on any atom is -0.310 e.